The van der Waals surface area contributed by atoms with Gasteiger partial charge in [-0.15, -0.1) is 0 Å². The van der Waals surface area contributed by atoms with Gasteiger partial charge in [-0.3, -0.25) is 4.79 Å². The average molecular weight is 396 g/mol. The summed E-state index contributed by atoms with van der Waals surface area (Å²) in [5, 5.41) is 0.605. The van der Waals surface area contributed by atoms with Crippen molar-refractivity contribution in [3.8, 4) is 11.5 Å². The topological polar surface area (TPSA) is 38.8 Å². The normalized spacial score (nSPS) is 10.4. The smallest absolute Gasteiger partial charge is 0.254 e. The van der Waals surface area contributed by atoms with E-state index in [0.717, 1.165) is 22.6 Å². The molecule has 0 aliphatic carbocycles. The zero-order valence-corrected chi connectivity index (χ0v) is 16.6. The van der Waals surface area contributed by atoms with E-state index in [0.29, 0.717) is 23.7 Å². The standard InChI is InChI=1S/C23H22ClNO3/c1-27-21-11-3-17(4-12-21)15-25(16-18-5-13-22(28-2)14-6-18)23(26)19-7-9-20(24)10-8-19/h3-14H,15-16H2,1-2H3. The minimum Gasteiger partial charge on any atom is -0.497 e. The number of carbonyl (C=O) groups excluding carboxylic acids is 1. The van der Waals surface area contributed by atoms with Gasteiger partial charge in [0.2, 0.25) is 0 Å². The van der Waals surface area contributed by atoms with Crippen molar-refractivity contribution in [3.05, 3.63) is 94.5 Å². The summed E-state index contributed by atoms with van der Waals surface area (Å²) in [6, 6.07) is 22.4. The van der Waals surface area contributed by atoms with Gasteiger partial charge in [-0.1, -0.05) is 35.9 Å². The summed E-state index contributed by atoms with van der Waals surface area (Å²) in [7, 11) is 3.27. The number of nitrogens with zero attached hydrogens (tertiary/aromatic N) is 1. The Balaban J connectivity index is 1.84. The molecule has 0 saturated carbocycles. The van der Waals surface area contributed by atoms with Gasteiger partial charge in [0, 0.05) is 23.7 Å². The Kier molecular flexibility index (Phi) is 6.56. The summed E-state index contributed by atoms with van der Waals surface area (Å²) in [6.07, 6.45) is 0. The third kappa shape index (κ3) is 5.05. The van der Waals surface area contributed by atoms with Crippen molar-refractivity contribution in [2.75, 3.05) is 14.2 Å². The lowest BCUT2D eigenvalue weighted by Gasteiger charge is -2.23. The third-order valence-corrected chi connectivity index (χ3v) is 4.70. The van der Waals surface area contributed by atoms with Crippen LogP contribution in [0.5, 0.6) is 11.5 Å². The first-order valence-corrected chi connectivity index (χ1v) is 9.27. The van der Waals surface area contributed by atoms with Crippen LogP contribution in [0.15, 0.2) is 72.8 Å². The van der Waals surface area contributed by atoms with Crippen molar-refractivity contribution >= 4 is 17.5 Å². The first kappa shape index (κ1) is 19.8. The Hall–Kier alpha value is -2.98. The van der Waals surface area contributed by atoms with Gasteiger partial charge in [0.25, 0.3) is 5.91 Å². The zero-order chi connectivity index (χ0) is 19.9. The lowest BCUT2D eigenvalue weighted by molar-refractivity contribution is 0.0730. The van der Waals surface area contributed by atoms with Gasteiger partial charge < -0.3 is 14.4 Å². The molecule has 0 aromatic heterocycles. The summed E-state index contributed by atoms with van der Waals surface area (Å²) in [5.41, 5.74) is 2.65. The molecule has 0 fully saturated rings. The summed E-state index contributed by atoms with van der Waals surface area (Å²) in [5.74, 6) is 1.52. The molecule has 3 rings (SSSR count). The molecule has 3 aromatic carbocycles. The number of amides is 1. The van der Waals surface area contributed by atoms with Crippen molar-refractivity contribution in [1.82, 2.24) is 4.90 Å². The van der Waals surface area contributed by atoms with Crippen LogP contribution in [0.4, 0.5) is 0 Å². The zero-order valence-electron chi connectivity index (χ0n) is 15.9. The fraction of sp³-hybridized carbons (Fsp3) is 0.174. The van der Waals surface area contributed by atoms with Crippen LogP contribution in [-0.2, 0) is 13.1 Å². The molecule has 0 N–H and O–H groups in total. The van der Waals surface area contributed by atoms with E-state index in [1.165, 1.54) is 0 Å². The van der Waals surface area contributed by atoms with Crippen molar-refractivity contribution in [2.45, 2.75) is 13.1 Å². The Morgan fingerprint density at radius 1 is 0.750 bits per heavy atom. The molecule has 0 radical (unpaired) electrons. The van der Waals surface area contributed by atoms with Crippen LogP contribution in [0, 0.1) is 0 Å². The molecule has 4 nitrogen and oxygen atoms in total. The molecule has 0 heterocycles. The van der Waals surface area contributed by atoms with E-state index in [2.05, 4.69) is 0 Å². The second-order valence-corrected chi connectivity index (χ2v) is 6.80. The lowest BCUT2D eigenvalue weighted by atomic mass is 10.1. The molecule has 0 unspecified atom stereocenters. The second-order valence-electron chi connectivity index (χ2n) is 6.36. The van der Waals surface area contributed by atoms with Gasteiger partial charge >= 0.3 is 0 Å². The number of methoxy groups -OCH3 is 2. The number of ether oxygens (including phenoxy) is 2. The van der Waals surface area contributed by atoms with Crippen molar-refractivity contribution < 1.29 is 14.3 Å². The van der Waals surface area contributed by atoms with Gasteiger partial charge in [-0.05, 0) is 59.7 Å². The van der Waals surface area contributed by atoms with E-state index in [-0.39, 0.29) is 5.91 Å². The Morgan fingerprint density at radius 2 is 1.18 bits per heavy atom. The number of hydrogen-bond donors (Lipinski definition) is 0. The highest BCUT2D eigenvalue weighted by molar-refractivity contribution is 6.30. The molecule has 0 aliphatic rings. The van der Waals surface area contributed by atoms with E-state index in [4.69, 9.17) is 21.1 Å². The molecule has 0 spiro atoms. The second kappa shape index (κ2) is 9.29. The largest absolute Gasteiger partial charge is 0.497 e. The molecule has 5 heteroatoms. The predicted molar refractivity (Wildman–Crippen MR) is 111 cm³/mol. The molecule has 144 valence electrons. The maximum absolute atomic E-state index is 13.1. The Morgan fingerprint density at radius 3 is 1.57 bits per heavy atom. The summed E-state index contributed by atoms with van der Waals surface area (Å²) >= 11 is 5.96. The van der Waals surface area contributed by atoms with Crippen LogP contribution in [0.2, 0.25) is 5.02 Å². The first-order valence-electron chi connectivity index (χ1n) is 8.90. The SMILES string of the molecule is COc1ccc(CN(Cc2ccc(OC)cc2)C(=O)c2ccc(Cl)cc2)cc1. The van der Waals surface area contributed by atoms with Crippen LogP contribution in [-0.4, -0.2) is 25.0 Å². The van der Waals surface area contributed by atoms with Gasteiger partial charge in [0.05, 0.1) is 14.2 Å². The minimum atomic E-state index is -0.0525. The lowest BCUT2D eigenvalue weighted by Crippen LogP contribution is -2.30. The molecule has 3 aromatic rings. The molecular weight excluding hydrogens is 374 g/mol. The Bertz CT molecular complexity index is 857. The van der Waals surface area contributed by atoms with Gasteiger partial charge in [0.1, 0.15) is 11.5 Å². The maximum atomic E-state index is 13.1. The van der Waals surface area contributed by atoms with E-state index >= 15 is 0 Å². The molecule has 0 saturated heterocycles. The van der Waals surface area contributed by atoms with Gasteiger partial charge in [-0.25, -0.2) is 0 Å². The highest BCUT2D eigenvalue weighted by Gasteiger charge is 2.17. The summed E-state index contributed by atoms with van der Waals surface area (Å²) < 4.78 is 10.4. The third-order valence-electron chi connectivity index (χ3n) is 4.44. The van der Waals surface area contributed by atoms with Crippen LogP contribution >= 0.6 is 11.6 Å². The number of hydrogen-bond acceptors (Lipinski definition) is 3. The molecule has 1 amide bonds. The van der Waals surface area contributed by atoms with Crippen LogP contribution in [0.1, 0.15) is 21.5 Å². The Labute approximate surface area is 170 Å². The van der Waals surface area contributed by atoms with Crippen LogP contribution in [0.3, 0.4) is 0 Å². The fourth-order valence-electron chi connectivity index (χ4n) is 2.88. The van der Waals surface area contributed by atoms with E-state index < -0.39 is 0 Å². The molecule has 0 aliphatic heterocycles. The molecule has 0 atom stereocenters. The van der Waals surface area contributed by atoms with Crippen molar-refractivity contribution in [3.63, 3.8) is 0 Å². The molecular formula is C23H22ClNO3. The van der Waals surface area contributed by atoms with Crippen LogP contribution < -0.4 is 9.47 Å². The number of carbonyl (C=O) groups is 1. The number of benzene rings is 3. The van der Waals surface area contributed by atoms with E-state index in [9.17, 15) is 4.79 Å². The van der Waals surface area contributed by atoms with Crippen molar-refractivity contribution in [1.29, 1.82) is 0 Å². The molecule has 0 bridgehead atoms. The van der Waals surface area contributed by atoms with Crippen molar-refractivity contribution in [2.24, 2.45) is 0 Å². The average Bonchev–Trinajstić information content (AvgIpc) is 2.74. The highest BCUT2D eigenvalue weighted by atomic mass is 35.5. The predicted octanol–water partition coefficient (Wildman–Crippen LogP) is 5.20. The van der Waals surface area contributed by atoms with E-state index in [1.54, 1.807) is 38.5 Å². The van der Waals surface area contributed by atoms with Crippen LogP contribution in [0.25, 0.3) is 0 Å². The minimum absolute atomic E-state index is 0.0525. The summed E-state index contributed by atoms with van der Waals surface area (Å²) in [4.78, 5) is 15.0. The van der Waals surface area contributed by atoms with Gasteiger partial charge in [0.15, 0.2) is 0 Å². The molecule has 28 heavy (non-hydrogen) atoms. The number of rotatable bonds is 7. The first-order chi connectivity index (χ1) is 13.6. The monoisotopic (exact) mass is 395 g/mol. The fourth-order valence-corrected chi connectivity index (χ4v) is 3.00. The van der Waals surface area contributed by atoms with Gasteiger partial charge in [-0.2, -0.15) is 0 Å². The quantitative estimate of drug-likeness (QED) is 0.552. The summed E-state index contributed by atoms with van der Waals surface area (Å²) in [6.45, 7) is 0.967. The number of halogens is 1. The van der Waals surface area contributed by atoms with E-state index in [1.807, 2.05) is 53.4 Å². The maximum Gasteiger partial charge on any atom is 0.254 e. The highest BCUT2D eigenvalue weighted by Crippen LogP contribution is 2.19.